The van der Waals surface area contributed by atoms with Crippen molar-refractivity contribution in [2.75, 3.05) is 22.5 Å². The molecule has 0 bridgehead atoms. The number of likely N-dealkylation sites (tertiary alicyclic amines) is 1. The van der Waals surface area contributed by atoms with E-state index >= 15 is 0 Å². The number of nitrogens with one attached hydrogen (secondary N) is 6. The van der Waals surface area contributed by atoms with Gasteiger partial charge in [0.05, 0.1) is 39.5 Å². The molecule has 1 aliphatic rings. The van der Waals surface area contributed by atoms with Gasteiger partial charge in [0.1, 0.15) is 18.6 Å². The van der Waals surface area contributed by atoms with E-state index in [4.69, 9.17) is 0 Å². The van der Waals surface area contributed by atoms with Gasteiger partial charge in [0.15, 0.2) is 5.82 Å². The number of halogens is 3. The molecule has 1 aliphatic heterocycles. The van der Waals surface area contributed by atoms with Crippen LogP contribution in [0, 0.1) is 19.3 Å². The summed E-state index contributed by atoms with van der Waals surface area (Å²) in [6.07, 6.45) is 5.55. The molecule has 0 spiro atoms. The molecule has 0 radical (unpaired) electrons. The molecule has 83 heavy (non-hydrogen) atoms. The maximum atomic E-state index is 14.0. The normalized spacial score (nSPS) is 14.8. The maximum Gasteiger partial charge on any atom is 0.416 e. The van der Waals surface area contributed by atoms with E-state index in [9.17, 15) is 47.0 Å². The molecule has 18 nitrogen and oxygen atoms in total. The van der Waals surface area contributed by atoms with Gasteiger partial charge in [-0.1, -0.05) is 95.7 Å². The Kier molecular flexibility index (Phi) is 20.0. The number of aliphatic hydroxyl groups excluding tert-OH is 1. The van der Waals surface area contributed by atoms with Crippen LogP contribution in [0.4, 0.5) is 30.4 Å². The minimum Gasteiger partial charge on any atom is -0.391 e. The smallest absolute Gasteiger partial charge is 0.391 e. The predicted octanol–water partition coefficient (Wildman–Crippen LogP) is 10.7. The summed E-state index contributed by atoms with van der Waals surface area (Å²) in [5.41, 5.74) is 6.27. The van der Waals surface area contributed by atoms with Crippen LogP contribution in [0.3, 0.4) is 0 Å². The third kappa shape index (κ3) is 16.5. The molecule has 3 aromatic heterocycles. The van der Waals surface area contributed by atoms with Gasteiger partial charge in [0, 0.05) is 66.4 Å². The number of carbonyl (C=O) groups excluding carboxylic acids is 6. The Labute approximate surface area is 483 Å². The molecule has 7 N–H and O–H groups in total. The lowest BCUT2D eigenvalue weighted by Crippen LogP contribution is -2.57. The quantitative estimate of drug-likeness (QED) is 0.0282. The Bertz CT molecular complexity index is 3420. The van der Waals surface area contributed by atoms with Crippen molar-refractivity contribution in [3.05, 3.63) is 131 Å². The van der Waals surface area contributed by atoms with Crippen LogP contribution in [0.2, 0.25) is 0 Å². The Morgan fingerprint density at radius 1 is 0.759 bits per heavy atom. The fourth-order valence-corrected chi connectivity index (χ4v) is 10.8. The summed E-state index contributed by atoms with van der Waals surface area (Å²) in [5.74, 6) is -1.75. The van der Waals surface area contributed by atoms with E-state index in [1.165, 1.54) is 28.6 Å². The van der Waals surface area contributed by atoms with E-state index in [0.29, 0.717) is 46.4 Å². The highest BCUT2D eigenvalue weighted by molar-refractivity contribution is 7.13. The SMILES string of the molecule is Cc1ccc(NC(=O)Cn2cc(-c3ccc4c(NC(=O)c5ccc(NC(=O)CCCCCCCCCCC(=O)NC(C(=O)N6CC(O)CC6C(=O)NCc6ccc(-c7scnc7C)cc6)C(C)(C)C)cc5)n[nH]c4c3)cn2)cc1C(F)(F)F. The van der Waals surface area contributed by atoms with Crippen molar-refractivity contribution < 1.29 is 47.0 Å². The summed E-state index contributed by atoms with van der Waals surface area (Å²) >= 11 is 1.57. The lowest BCUT2D eigenvalue weighted by molar-refractivity contribution is -0.144. The number of aliphatic hydroxyl groups is 1. The lowest BCUT2D eigenvalue weighted by Gasteiger charge is -2.35. The van der Waals surface area contributed by atoms with Crippen LogP contribution >= 0.6 is 11.3 Å². The van der Waals surface area contributed by atoms with Gasteiger partial charge in [0.25, 0.3) is 5.91 Å². The number of benzene rings is 4. The number of hydrogen-bond acceptors (Lipinski definition) is 11. The standard InChI is InChI=1S/C61H70F3N11O7S/c1-37-16-24-45(29-48(37)61(62,63)64)69-53(79)35-74-33-43(32-67-74)42-23-27-47-49(28-42)72-73-56(47)71-57(80)41-21-25-44(26-22-41)68-51(77)14-12-10-8-6-7-9-11-13-15-52(78)70-55(60(3,4)5)59(82)75-34-46(76)30-50(75)58(81)65-31-39-17-19-40(20-18-39)54-38(2)66-36-83-54/h16-29,32-33,36,46,50,55,76H,6-15,30-31,34-35H2,1-5H3,(H,65,81)(H,68,77)(H,69,79)(H,70,78)(H2,71,72,73,80). The lowest BCUT2D eigenvalue weighted by atomic mass is 9.85. The first kappa shape index (κ1) is 60.8. The van der Waals surface area contributed by atoms with E-state index in [-0.39, 0.29) is 61.4 Å². The van der Waals surface area contributed by atoms with Crippen molar-refractivity contribution >= 4 is 74.9 Å². The molecule has 1 saturated heterocycles. The van der Waals surface area contributed by atoms with Crippen LogP contribution in [0.5, 0.6) is 0 Å². The van der Waals surface area contributed by atoms with E-state index in [1.54, 1.807) is 60.1 Å². The second-order valence-electron chi connectivity index (χ2n) is 22.2. The highest BCUT2D eigenvalue weighted by Gasteiger charge is 2.44. The third-order valence-electron chi connectivity index (χ3n) is 14.6. The van der Waals surface area contributed by atoms with E-state index < -0.39 is 53.1 Å². The maximum absolute atomic E-state index is 14.0. The van der Waals surface area contributed by atoms with Crippen molar-refractivity contribution in [3.63, 3.8) is 0 Å². The second-order valence-corrected chi connectivity index (χ2v) is 23.0. The summed E-state index contributed by atoms with van der Waals surface area (Å²) in [6, 6.07) is 21.7. The van der Waals surface area contributed by atoms with Crippen molar-refractivity contribution in [1.82, 2.24) is 40.5 Å². The van der Waals surface area contributed by atoms with Crippen molar-refractivity contribution in [3.8, 4) is 21.6 Å². The number of H-pyrrole nitrogens is 1. The topological polar surface area (TPSA) is 245 Å². The van der Waals surface area contributed by atoms with Crippen LogP contribution < -0.4 is 26.6 Å². The number of aryl methyl sites for hydroxylation is 2. The summed E-state index contributed by atoms with van der Waals surface area (Å²) in [4.78, 5) is 86.2. The molecular formula is C61H70F3N11O7S. The van der Waals surface area contributed by atoms with E-state index in [0.717, 1.165) is 78.3 Å². The number of thiazole rings is 1. The van der Waals surface area contributed by atoms with E-state index in [2.05, 4.69) is 46.9 Å². The number of carbonyl (C=O) groups is 6. The Morgan fingerprint density at radius 2 is 1.41 bits per heavy atom. The van der Waals surface area contributed by atoms with Crippen LogP contribution in [0.25, 0.3) is 32.5 Å². The first-order valence-electron chi connectivity index (χ1n) is 27.8. The van der Waals surface area contributed by atoms with Gasteiger partial charge < -0.3 is 36.6 Å². The van der Waals surface area contributed by atoms with Gasteiger partial charge in [0.2, 0.25) is 29.5 Å². The number of amides is 6. The molecule has 7 aromatic rings. The average Bonchev–Trinajstić information content (AvgIpc) is 4.38. The molecule has 1 fully saturated rings. The Hall–Kier alpha value is -8.24. The molecular weight excluding hydrogens is 1090 g/mol. The molecule has 3 atom stereocenters. The summed E-state index contributed by atoms with van der Waals surface area (Å²) < 4.78 is 41.4. The molecule has 438 valence electrons. The van der Waals surface area contributed by atoms with Gasteiger partial charge in [-0.2, -0.15) is 23.4 Å². The molecule has 0 aliphatic carbocycles. The molecule has 4 heterocycles. The highest BCUT2D eigenvalue weighted by Crippen LogP contribution is 2.34. The van der Waals surface area contributed by atoms with Gasteiger partial charge in [-0.3, -0.25) is 38.5 Å². The summed E-state index contributed by atoms with van der Waals surface area (Å²) in [6.45, 7) is 8.96. The van der Waals surface area contributed by atoms with Crippen LogP contribution in [-0.4, -0.2) is 95.1 Å². The molecule has 3 unspecified atom stereocenters. The zero-order chi connectivity index (χ0) is 59.4. The van der Waals surface area contributed by atoms with Crippen molar-refractivity contribution in [2.45, 2.75) is 143 Å². The molecule has 4 aromatic carbocycles. The van der Waals surface area contributed by atoms with Crippen molar-refractivity contribution in [2.24, 2.45) is 5.41 Å². The number of alkyl halides is 3. The molecule has 6 amide bonds. The minimum atomic E-state index is -4.55. The second kappa shape index (κ2) is 27.2. The first-order chi connectivity index (χ1) is 39.6. The number of fused-ring (bicyclic) bond motifs is 1. The third-order valence-corrected chi connectivity index (χ3v) is 15.6. The average molecular weight is 1160 g/mol. The van der Waals surface area contributed by atoms with Crippen LogP contribution in [-0.2, 0) is 43.2 Å². The van der Waals surface area contributed by atoms with Gasteiger partial charge in [-0.05, 0) is 103 Å². The molecule has 8 rings (SSSR count). The largest absolute Gasteiger partial charge is 0.416 e. The molecule has 22 heteroatoms. The van der Waals surface area contributed by atoms with E-state index in [1.807, 2.05) is 63.5 Å². The summed E-state index contributed by atoms with van der Waals surface area (Å²) in [5, 5.41) is 36.8. The van der Waals surface area contributed by atoms with Gasteiger partial charge >= 0.3 is 6.18 Å². The zero-order valence-corrected chi connectivity index (χ0v) is 47.9. The fourth-order valence-electron chi connectivity index (χ4n) is 10.00. The fraction of sp³-hybridized carbons (Fsp3) is 0.393. The number of rotatable bonds is 24. The van der Waals surface area contributed by atoms with Gasteiger partial charge in [-0.25, -0.2) is 4.98 Å². The number of aromatic amines is 1. The minimum absolute atomic E-state index is 0.00500. The Morgan fingerprint density at radius 3 is 2.07 bits per heavy atom. The van der Waals surface area contributed by atoms with Gasteiger partial charge in [-0.15, -0.1) is 11.3 Å². The number of hydrogen-bond donors (Lipinski definition) is 7. The first-order valence-corrected chi connectivity index (χ1v) is 28.7. The highest BCUT2D eigenvalue weighted by atomic mass is 32.1. The zero-order valence-electron chi connectivity index (χ0n) is 47.1. The van der Waals surface area contributed by atoms with Crippen LogP contribution in [0.1, 0.15) is 124 Å². The number of anilines is 3. The summed E-state index contributed by atoms with van der Waals surface area (Å²) in [7, 11) is 0. The van der Waals surface area contributed by atoms with Crippen molar-refractivity contribution in [1.29, 1.82) is 0 Å². The molecule has 0 saturated carbocycles. The number of nitrogens with zero attached hydrogens (tertiary/aromatic N) is 5. The monoisotopic (exact) mass is 1160 g/mol. The number of unbranched alkanes of at least 4 members (excludes halogenated alkanes) is 7. The number of aromatic nitrogens is 5. The van der Waals surface area contributed by atoms with Crippen LogP contribution in [0.15, 0.2) is 103 Å². The number of β-amino-alcohol motifs (C(OH)–C–C–N with tert-alkyl or cyclic N) is 1. The predicted molar refractivity (Wildman–Crippen MR) is 313 cm³/mol. The Balaban J connectivity index is 0.685.